The molecule has 4 N–H and O–H groups in total. The van der Waals surface area contributed by atoms with E-state index in [0.717, 1.165) is 0 Å². The molecular weight excluding hydrogens is 248 g/mol. The van der Waals surface area contributed by atoms with Crippen molar-refractivity contribution in [3.63, 3.8) is 0 Å². The third-order valence-corrected chi connectivity index (χ3v) is 2.76. The summed E-state index contributed by atoms with van der Waals surface area (Å²) in [6.07, 6.45) is 1.49. The standard InChI is InChI=1S/C12H14N4O3/c1-6(9-4-11(18)16-15-9)14-12(19)10-3-8(5-13-10)7(2)17/h3-6,13H,1-2H3,(H,14,19)(H2,15,16,18). The van der Waals surface area contributed by atoms with E-state index in [0.29, 0.717) is 17.0 Å². The fourth-order valence-corrected chi connectivity index (χ4v) is 1.66. The first-order valence-corrected chi connectivity index (χ1v) is 5.75. The SMILES string of the molecule is CC(=O)c1c[nH]c(C(=O)NC(C)c2cc(=O)[nH][nH]2)c1. The van der Waals surface area contributed by atoms with Crippen molar-refractivity contribution in [3.8, 4) is 0 Å². The first-order chi connectivity index (χ1) is 8.97. The summed E-state index contributed by atoms with van der Waals surface area (Å²) >= 11 is 0. The van der Waals surface area contributed by atoms with Gasteiger partial charge in [0.1, 0.15) is 5.69 Å². The number of hydrogen-bond acceptors (Lipinski definition) is 3. The maximum atomic E-state index is 11.9. The van der Waals surface area contributed by atoms with E-state index >= 15 is 0 Å². The molecule has 2 heterocycles. The van der Waals surface area contributed by atoms with E-state index in [2.05, 4.69) is 20.5 Å². The Morgan fingerprint density at radius 2 is 2.00 bits per heavy atom. The molecule has 1 amide bonds. The molecule has 0 bridgehead atoms. The van der Waals surface area contributed by atoms with E-state index in [1.54, 1.807) is 6.92 Å². The number of Topliss-reactive ketones (excluding diaryl/α,β-unsaturated/α-hetero) is 1. The van der Waals surface area contributed by atoms with Crippen molar-refractivity contribution in [3.05, 3.63) is 45.6 Å². The monoisotopic (exact) mass is 262 g/mol. The van der Waals surface area contributed by atoms with Gasteiger partial charge < -0.3 is 15.4 Å². The van der Waals surface area contributed by atoms with Gasteiger partial charge in [0, 0.05) is 17.8 Å². The Kier molecular flexibility index (Phi) is 3.37. The van der Waals surface area contributed by atoms with Gasteiger partial charge in [-0.15, -0.1) is 0 Å². The molecule has 1 unspecified atom stereocenters. The van der Waals surface area contributed by atoms with Gasteiger partial charge >= 0.3 is 0 Å². The number of carbonyl (C=O) groups is 2. The van der Waals surface area contributed by atoms with Crippen molar-refractivity contribution in [1.82, 2.24) is 20.5 Å². The van der Waals surface area contributed by atoms with Crippen LogP contribution in [0.4, 0.5) is 0 Å². The molecule has 0 radical (unpaired) electrons. The molecule has 7 heteroatoms. The summed E-state index contributed by atoms with van der Waals surface area (Å²) in [5.74, 6) is -0.458. The zero-order valence-corrected chi connectivity index (χ0v) is 10.5. The van der Waals surface area contributed by atoms with E-state index in [-0.39, 0.29) is 23.3 Å². The molecule has 100 valence electrons. The molecule has 0 aromatic carbocycles. The summed E-state index contributed by atoms with van der Waals surface area (Å²) in [5.41, 5.74) is 1.08. The molecule has 2 rings (SSSR count). The Hall–Kier alpha value is -2.57. The van der Waals surface area contributed by atoms with Gasteiger partial charge in [-0.25, -0.2) is 0 Å². The van der Waals surface area contributed by atoms with E-state index in [1.165, 1.54) is 25.3 Å². The Balaban J connectivity index is 2.08. The second kappa shape index (κ2) is 4.97. The zero-order chi connectivity index (χ0) is 14.0. The molecule has 2 aromatic rings. The Morgan fingerprint density at radius 3 is 2.53 bits per heavy atom. The lowest BCUT2D eigenvalue weighted by molar-refractivity contribution is 0.0934. The van der Waals surface area contributed by atoms with Crippen LogP contribution in [0.3, 0.4) is 0 Å². The minimum atomic E-state index is -0.351. The quantitative estimate of drug-likeness (QED) is 0.609. The van der Waals surface area contributed by atoms with Gasteiger partial charge in [-0.1, -0.05) is 0 Å². The molecule has 7 nitrogen and oxygen atoms in total. The first-order valence-electron chi connectivity index (χ1n) is 5.75. The summed E-state index contributed by atoms with van der Waals surface area (Å²) in [6.45, 7) is 3.17. The van der Waals surface area contributed by atoms with Crippen LogP contribution in [0.2, 0.25) is 0 Å². The normalized spacial score (nSPS) is 12.1. The van der Waals surface area contributed by atoms with Crippen LogP contribution in [0.25, 0.3) is 0 Å². The van der Waals surface area contributed by atoms with Crippen LogP contribution in [0, 0.1) is 0 Å². The van der Waals surface area contributed by atoms with Crippen LogP contribution in [0.1, 0.15) is 46.4 Å². The minimum absolute atomic E-state index is 0.113. The van der Waals surface area contributed by atoms with Crippen molar-refractivity contribution >= 4 is 11.7 Å². The number of ketones is 1. The van der Waals surface area contributed by atoms with Gasteiger partial charge in [0.2, 0.25) is 0 Å². The molecule has 0 aliphatic heterocycles. The Labute approximate surface area is 108 Å². The highest BCUT2D eigenvalue weighted by molar-refractivity contribution is 5.99. The van der Waals surface area contributed by atoms with E-state index in [1.807, 2.05) is 0 Å². The van der Waals surface area contributed by atoms with Crippen LogP contribution >= 0.6 is 0 Å². The van der Waals surface area contributed by atoms with Crippen molar-refractivity contribution in [2.24, 2.45) is 0 Å². The lowest BCUT2D eigenvalue weighted by atomic mass is 10.2. The fourth-order valence-electron chi connectivity index (χ4n) is 1.66. The van der Waals surface area contributed by atoms with Crippen molar-refractivity contribution in [2.45, 2.75) is 19.9 Å². The topological polar surface area (TPSA) is 111 Å². The average molecular weight is 262 g/mol. The number of nitrogens with one attached hydrogen (secondary N) is 4. The molecule has 1 atom stereocenters. The average Bonchev–Trinajstić information content (AvgIpc) is 2.96. The number of aromatic amines is 3. The highest BCUT2D eigenvalue weighted by Gasteiger charge is 2.15. The second-order valence-corrected chi connectivity index (χ2v) is 4.27. The predicted molar refractivity (Wildman–Crippen MR) is 68.1 cm³/mol. The largest absolute Gasteiger partial charge is 0.356 e. The second-order valence-electron chi connectivity index (χ2n) is 4.27. The molecule has 0 saturated carbocycles. The molecule has 0 spiro atoms. The van der Waals surface area contributed by atoms with E-state index < -0.39 is 0 Å². The Bertz CT molecular complexity index is 664. The van der Waals surface area contributed by atoms with Crippen LogP contribution < -0.4 is 10.9 Å². The van der Waals surface area contributed by atoms with Crippen molar-refractivity contribution < 1.29 is 9.59 Å². The highest BCUT2D eigenvalue weighted by Crippen LogP contribution is 2.09. The van der Waals surface area contributed by atoms with Gasteiger partial charge in [-0.05, 0) is 19.9 Å². The van der Waals surface area contributed by atoms with Crippen LogP contribution in [0.15, 0.2) is 23.1 Å². The summed E-state index contributed by atoms with van der Waals surface area (Å²) in [4.78, 5) is 36.8. The predicted octanol–water partition coefficient (Wildman–Crippen LogP) is 0.725. The zero-order valence-electron chi connectivity index (χ0n) is 10.5. The lowest BCUT2D eigenvalue weighted by Gasteiger charge is -2.10. The third-order valence-electron chi connectivity index (χ3n) is 2.76. The molecular formula is C12H14N4O3. The first kappa shape index (κ1) is 12.9. The maximum absolute atomic E-state index is 11.9. The number of carbonyl (C=O) groups excluding carboxylic acids is 2. The third kappa shape index (κ3) is 2.82. The lowest BCUT2D eigenvalue weighted by Crippen LogP contribution is -2.27. The highest BCUT2D eigenvalue weighted by atomic mass is 16.2. The van der Waals surface area contributed by atoms with Crippen LogP contribution in [-0.4, -0.2) is 26.9 Å². The molecule has 2 aromatic heterocycles. The summed E-state index contributed by atoms with van der Waals surface area (Å²) < 4.78 is 0. The maximum Gasteiger partial charge on any atom is 0.268 e. The number of hydrogen-bond donors (Lipinski definition) is 4. The van der Waals surface area contributed by atoms with Crippen LogP contribution in [0.5, 0.6) is 0 Å². The van der Waals surface area contributed by atoms with Crippen molar-refractivity contribution in [1.29, 1.82) is 0 Å². The summed E-state index contributed by atoms with van der Waals surface area (Å²) in [7, 11) is 0. The minimum Gasteiger partial charge on any atom is -0.356 e. The molecule has 0 fully saturated rings. The van der Waals surface area contributed by atoms with Crippen LogP contribution in [-0.2, 0) is 0 Å². The molecule has 19 heavy (non-hydrogen) atoms. The smallest absolute Gasteiger partial charge is 0.268 e. The van der Waals surface area contributed by atoms with Gasteiger partial charge in [0.05, 0.1) is 11.7 Å². The van der Waals surface area contributed by atoms with E-state index in [4.69, 9.17) is 0 Å². The Morgan fingerprint density at radius 1 is 1.26 bits per heavy atom. The molecule has 0 aliphatic carbocycles. The fraction of sp³-hybridized carbons (Fsp3) is 0.250. The number of amides is 1. The number of H-pyrrole nitrogens is 3. The van der Waals surface area contributed by atoms with Gasteiger partial charge in [-0.2, -0.15) is 0 Å². The number of aromatic nitrogens is 3. The van der Waals surface area contributed by atoms with Crippen molar-refractivity contribution in [2.75, 3.05) is 0 Å². The molecule has 0 aliphatic rings. The number of rotatable bonds is 4. The summed E-state index contributed by atoms with van der Waals surface area (Å²) in [6, 6.07) is 2.51. The summed E-state index contributed by atoms with van der Waals surface area (Å²) in [5, 5.41) is 7.77. The van der Waals surface area contributed by atoms with Gasteiger partial charge in [-0.3, -0.25) is 19.5 Å². The molecule has 0 saturated heterocycles. The van der Waals surface area contributed by atoms with E-state index in [9.17, 15) is 14.4 Å². The van der Waals surface area contributed by atoms with Gasteiger partial charge in [0.25, 0.3) is 11.5 Å². The van der Waals surface area contributed by atoms with Gasteiger partial charge in [0.15, 0.2) is 5.78 Å².